The molecule has 2 N–H and O–H groups in total. The first-order valence-corrected chi connectivity index (χ1v) is 15.4. The van der Waals surface area contributed by atoms with Crippen molar-refractivity contribution in [1.29, 1.82) is 0 Å². The lowest BCUT2D eigenvalue weighted by Crippen LogP contribution is -2.30. The van der Waals surface area contributed by atoms with Crippen LogP contribution in [0, 0.1) is 13.8 Å². The molecule has 0 radical (unpaired) electrons. The monoisotopic (exact) mass is 568 g/mol. The molecular weight excluding hydrogens is 520 g/mol. The van der Waals surface area contributed by atoms with Gasteiger partial charge in [-0.2, -0.15) is 25.3 Å². The summed E-state index contributed by atoms with van der Waals surface area (Å²) in [5.41, 5.74) is 0.00217. The molecule has 2 heterocycles. The summed E-state index contributed by atoms with van der Waals surface area (Å²) < 4.78 is 3.19. The minimum absolute atomic E-state index is 0.287. The van der Waals surface area contributed by atoms with Gasteiger partial charge in [0, 0.05) is 36.6 Å². The number of H-pyrrole nitrogens is 2. The minimum atomic E-state index is -0.302. The van der Waals surface area contributed by atoms with E-state index in [-0.39, 0.29) is 22.5 Å². The molecule has 10 heteroatoms. The van der Waals surface area contributed by atoms with Gasteiger partial charge in [-0.3, -0.25) is 19.6 Å². The highest BCUT2D eigenvalue weighted by Crippen LogP contribution is 2.09. The van der Waals surface area contributed by atoms with E-state index in [0.717, 1.165) is 37.2 Å². The average Bonchev–Trinajstić information content (AvgIpc) is 2.88. The van der Waals surface area contributed by atoms with Gasteiger partial charge in [0.2, 0.25) is 0 Å². The maximum Gasteiger partial charge on any atom is 0.328 e. The van der Waals surface area contributed by atoms with E-state index < -0.39 is 0 Å². The summed E-state index contributed by atoms with van der Waals surface area (Å²) in [5, 5.41) is 0. The lowest BCUT2D eigenvalue weighted by Gasteiger charge is -2.05. The van der Waals surface area contributed by atoms with Crippen LogP contribution in [-0.2, 0) is 13.1 Å². The van der Waals surface area contributed by atoms with Gasteiger partial charge in [-0.15, -0.1) is 0 Å². The van der Waals surface area contributed by atoms with Crippen LogP contribution in [0.5, 0.6) is 0 Å². The fourth-order valence-electron chi connectivity index (χ4n) is 4.12. The second-order valence-electron chi connectivity index (χ2n) is 9.93. The van der Waals surface area contributed by atoms with Crippen LogP contribution in [0.15, 0.2) is 31.6 Å². The average molecular weight is 569 g/mol. The topological polar surface area (TPSA) is 110 Å². The Hall–Kier alpha value is -1.94. The van der Waals surface area contributed by atoms with Gasteiger partial charge in [0.1, 0.15) is 0 Å². The highest BCUT2D eigenvalue weighted by atomic mass is 32.1. The second-order valence-corrected chi connectivity index (χ2v) is 10.8. The normalized spacial score (nSPS) is 10.8. The number of hydrogen-bond acceptors (Lipinski definition) is 6. The van der Waals surface area contributed by atoms with Crippen LogP contribution in [0.1, 0.15) is 101 Å². The van der Waals surface area contributed by atoms with Crippen LogP contribution in [0.3, 0.4) is 0 Å². The van der Waals surface area contributed by atoms with Gasteiger partial charge in [0.15, 0.2) is 0 Å². The minimum Gasteiger partial charge on any atom is -0.300 e. The summed E-state index contributed by atoms with van der Waals surface area (Å²) in [7, 11) is 0. The van der Waals surface area contributed by atoms with E-state index in [2.05, 4.69) is 35.2 Å². The number of unbranched alkanes of at least 4 members (excludes halogenated alkanes) is 12. The highest BCUT2D eigenvalue weighted by molar-refractivity contribution is 7.80. The Morgan fingerprint density at radius 1 is 0.526 bits per heavy atom. The molecule has 0 unspecified atom stereocenters. The first kappa shape index (κ1) is 34.1. The van der Waals surface area contributed by atoms with E-state index in [4.69, 9.17) is 0 Å². The van der Waals surface area contributed by atoms with Crippen LogP contribution in [0.2, 0.25) is 0 Å². The Morgan fingerprint density at radius 3 is 1.13 bits per heavy atom. The number of aromatic amines is 2. The van der Waals surface area contributed by atoms with Gasteiger partial charge in [0.25, 0.3) is 11.1 Å². The largest absolute Gasteiger partial charge is 0.328 e. The first-order chi connectivity index (χ1) is 18.3. The molecular formula is C28H48N4O4S2. The van der Waals surface area contributed by atoms with Crippen molar-refractivity contribution in [1.82, 2.24) is 19.1 Å². The third kappa shape index (κ3) is 14.9. The third-order valence-corrected chi connectivity index (χ3v) is 7.12. The van der Waals surface area contributed by atoms with E-state index in [1.165, 1.54) is 64.2 Å². The third-order valence-electron chi connectivity index (χ3n) is 6.49. The predicted molar refractivity (Wildman–Crippen MR) is 164 cm³/mol. The Kier molecular flexibility index (Phi) is 18.8. The molecule has 0 saturated carbocycles. The highest BCUT2D eigenvalue weighted by Gasteiger charge is 2.01. The Bertz CT molecular complexity index is 1050. The van der Waals surface area contributed by atoms with Gasteiger partial charge in [-0.25, -0.2) is 9.59 Å². The van der Waals surface area contributed by atoms with E-state index in [9.17, 15) is 19.2 Å². The van der Waals surface area contributed by atoms with Crippen molar-refractivity contribution in [3.05, 3.63) is 65.2 Å². The van der Waals surface area contributed by atoms with Crippen molar-refractivity contribution in [2.24, 2.45) is 0 Å². The predicted octanol–water partition coefficient (Wildman–Crippen LogP) is 5.01. The van der Waals surface area contributed by atoms with Gasteiger partial charge >= 0.3 is 11.4 Å². The van der Waals surface area contributed by atoms with Crippen molar-refractivity contribution in [2.75, 3.05) is 11.5 Å². The number of thiol groups is 2. The molecule has 0 aliphatic rings. The maximum absolute atomic E-state index is 11.5. The SMILES string of the molecule is Cc1cn(CCCCCCCCCS)c(=O)[nH]c1=O.Cc1cn(CCCCCCCCCS)c(=O)[nH]c1=O. The number of aryl methyl sites for hydroxylation is 4. The standard InChI is InChI=1S/2C14H24N2O2S/c2*1-12-11-16(14(18)15-13(12)17)9-7-5-3-2-4-6-8-10-19/h2*11,19H,2-10H2,1H3,(H,15,17,18). The summed E-state index contributed by atoms with van der Waals surface area (Å²) in [6, 6.07) is 0. The molecule has 2 rings (SSSR count). The zero-order valence-corrected chi connectivity index (χ0v) is 25.1. The van der Waals surface area contributed by atoms with Crippen molar-refractivity contribution in [3.63, 3.8) is 0 Å². The second kappa shape index (κ2) is 21.0. The van der Waals surface area contributed by atoms with Gasteiger partial charge < -0.3 is 9.13 Å². The molecule has 0 fully saturated rings. The summed E-state index contributed by atoms with van der Waals surface area (Å²) in [4.78, 5) is 50.2. The summed E-state index contributed by atoms with van der Waals surface area (Å²) in [6.07, 6.45) is 20.0. The van der Waals surface area contributed by atoms with E-state index in [1.807, 2.05) is 0 Å². The number of nitrogens with one attached hydrogen (secondary N) is 2. The number of rotatable bonds is 18. The fourth-order valence-corrected chi connectivity index (χ4v) is 4.57. The van der Waals surface area contributed by atoms with Crippen LogP contribution in [0.4, 0.5) is 0 Å². The first-order valence-electron chi connectivity index (χ1n) is 14.1. The van der Waals surface area contributed by atoms with Crippen LogP contribution in [-0.4, -0.2) is 30.6 Å². The van der Waals surface area contributed by atoms with Crippen molar-refractivity contribution < 1.29 is 0 Å². The molecule has 0 aliphatic heterocycles. The number of nitrogens with zero attached hydrogens (tertiary/aromatic N) is 2. The molecule has 2 aromatic heterocycles. The summed E-state index contributed by atoms with van der Waals surface area (Å²) in [6.45, 7) is 4.81. The van der Waals surface area contributed by atoms with Crippen molar-refractivity contribution >= 4 is 25.3 Å². The lowest BCUT2D eigenvalue weighted by atomic mass is 10.1. The maximum atomic E-state index is 11.5. The lowest BCUT2D eigenvalue weighted by molar-refractivity contribution is 0.536. The Morgan fingerprint density at radius 2 is 0.816 bits per heavy atom. The van der Waals surface area contributed by atoms with E-state index >= 15 is 0 Å². The molecule has 0 aliphatic carbocycles. The molecule has 38 heavy (non-hydrogen) atoms. The molecule has 0 aromatic carbocycles. The molecule has 0 bridgehead atoms. The molecule has 0 saturated heterocycles. The quantitative estimate of drug-likeness (QED) is 0.150. The number of aromatic nitrogens is 4. The van der Waals surface area contributed by atoms with E-state index in [0.29, 0.717) is 24.2 Å². The van der Waals surface area contributed by atoms with Crippen LogP contribution in [0.25, 0.3) is 0 Å². The zero-order valence-electron chi connectivity index (χ0n) is 23.3. The van der Waals surface area contributed by atoms with Gasteiger partial charge in [0.05, 0.1) is 0 Å². The van der Waals surface area contributed by atoms with E-state index in [1.54, 1.807) is 35.4 Å². The number of hydrogen-bond donors (Lipinski definition) is 4. The molecule has 0 amide bonds. The molecule has 8 nitrogen and oxygen atoms in total. The molecule has 2 aromatic rings. The molecule has 0 atom stereocenters. The van der Waals surface area contributed by atoms with Crippen molar-refractivity contribution in [3.8, 4) is 0 Å². The van der Waals surface area contributed by atoms with Gasteiger partial charge in [-0.1, -0.05) is 64.2 Å². The Balaban J connectivity index is 0.000000380. The molecule has 0 spiro atoms. The Labute approximate surface area is 237 Å². The van der Waals surface area contributed by atoms with Crippen LogP contribution < -0.4 is 22.5 Å². The zero-order chi connectivity index (χ0) is 28.2. The summed E-state index contributed by atoms with van der Waals surface area (Å²) >= 11 is 8.37. The van der Waals surface area contributed by atoms with Crippen LogP contribution >= 0.6 is 25.3 Å². The smallest absolute Gasteiger partial charge is 0.300 e. The van der Waals surface area contributed by atoms with Crippen molar-refractivity contribution in [2.45, 2.75) is 117 Å². The summed E-state index contributed by atoms with van der Waals surface area (Å²) in [5.74, 6) is 1.96. The molecule has 216 valence electrons. The fraction of sp³-hybridized carbons (Fsp3) is 0.714. The van der Waals surface area contributed by atoms with Gasteiger partial charge in [-0.05, 0) is 51.0 Å².